The fourth-order valence-electron chi connectivity index (χ4n) is 3.19. The Morgan fingerprint density at radius 3 is 2.88 bits per heavy atom. The number of hydrogen-bond donors (Lipinski definition) is 1. The van der Waals surface area contributed by atoms with Gasteiger partial charge in [-0.25, -0.2) is 0 Å². The first kappa shape index (κ1) is 11.7. The molecule has 3 atom stereocenters. The molecule has 3 rings (SSSR count). The molecule has 2 bridgehead atoms. The van der Waals surface area contributed by atoms with E-state index in [0.29, 0.717) is 12.0 Å². The van der Waals surface area contributed by atoms with Crippen molar-refractivity contribution in [3.63, 3.8) is 0 Å². The summed E-state index contributed by atoms with van der Waals surface area (Å²) in [4.78, 5) is 0. The van der Waals surface area contributed by atoms with Gasteiger partial charge in [0.1, 0.15) is 11.4 Å². The van der Waals surface area contributed by atoms with Crippen LogP contribution >= 0.6 is 12.4 Å². The minimum Gasteiger partial charge on any atom is -0.487 e. The molecule has 1 fully saturated rings. The lowest BCUT2D eigenvalue weighted by atomic mass is 9.72. The van der Waals surface area contributed by atoms with Crippen molar-refractivity contribution < 1.29 is 4.74 Å². The molecular weight excluding hydrogens is 222 g/mol. The molecule has 0 spiro atoms. The number of ether oxygens (including phenoxy) is 1. The maximum absolute atomic E-state index is 6.09. The summed E-state index contributed by atoms with van der Waals surface area (Å²) in [5.41, 5.74) is 7.41. The first-order chi connectivity index (χ1) is 7.16. The van der Waals surface area contributed by atoms with Gasteiger partial charge in [0.2, 0.25) is 0 Å². The summed E-state index contributed by atoms with van der Waals surface area (Å²) in [5.74, 6) is 1.67. The minimum atomic E-state index is -0.0311. The lowest BCUT2D eigenvalue weighted by Gasteiger charge is -2.46. The van der Waals surface area contributed by atoms with Crippen LogP contribution in [-0.2, 0) is 0 Å². The van der Waals surface area contributed by atoms with E-state index in [1.807, 2.05) is 6.07 Å². The molecule has 16 heavy (non-hydrogen) atoms. The van der Waals surface area contributed by atoms with Gasteiger partial charge in [0.25, 0.3) is 0 Å². The van der Waals surface area contributed by atoms with E-state index in [1.165, 1.54) is 5.56 Å². The predicted molar refractivity (Wildman–Crippen MR) is 67.3 cm³/mol. The highest BCUT2D eigenvalue weighted by molar-refractivity contribution is 5.85. The Kier molecular flexibility index (Phi) is 2.89. The van der Waals surface area contributed by atoms with Crippen LogP contribution in [0.15, 0.2) is 24.3 Å². The summed E-state index contributed by atoms with van der Waals surface area (Å²) in [5, 5.41) is 0. The molecular formula is C13H18ClNO. The second-order valence-corrected chi connectivity index (χ2v) is 5.19. The van der Waals surface area contributed by atoms with E-state index in [4.69, 9.17) is 10.5 Å². The largest absolute Gasteiger partial charge is 0.487 e. The number of halogens is 1. The molecule has 0 amide bonds. The van der Waals surface area contributed by atoms with Crippen molar-refractivity contribution in [1.29, 1.82) is 0 Å². The predicted octanol–water partition coefficient (Wildman–Crippen LogP) is 2.85. The fourth-order valence-corrected chi connectivity index (χ4v) is 3.19. The molecule has 2 N–H and O–H groups in total. The Morgan fingerprint density at radius 2 is 2.06 bits per heavy atom. The van der Waals surface area contributed by atoms with Crippen LogP contribution in [0.1, 0.15) is 37.7 Å². The van der Waals surface area contributed by atoms with Gasteiger partial charge in [0.05, 0.1) is 0 Å². The molecule has 1 aromatic carbocycles. The molecule has 1 aliphatic heterocycles. The highest BCUT2D eigenvalue weighted by Gasteiger charge is 2.42. The standard InChI is InChI=1S/C13H17NO.ClH/c1-13-7-9(6-10(14)8-13)11-4-2-3-5-12(11)15-13;/h2-5,9-10H,6-8,14H2,1H3;1H/t9?,10-,13?;/m0./s1. The molecule has 88 valence electrons. The van der Waals surface area contributed by atoms with Crippen LogP contribution in [0.2, 0.25) is 0 Å². The molecule has 1 heterocycles. The van der Waals surface area contributed by atoms with Crippen molar-refractivity contribution in [1.82, 2.24) is 0 Å². The van der Waals surface area contributed by atoms with E-state index in [9.17, 15) is 0 Å². The highest BCUT2D eigenvalue weighted by atomic mass is 35.5. The molecule has 1 aliphatic carbocycles. The number of para-hydroxylation sites is 1. The quantitative estimate of drug-likeness (QED) is 0.756. The molecule has 1 saturated carbocycles. The number of rotatable bonds is 0. The third kappa shape index (κ3) is 1.80. The molecule has 0 aromatic heterocycles. The van der Waals surface area contributed by atoms with Crippen LogP contribution in [0.4, 0.5) is 0 Å². The Bertz CT molecular complexity index is 395. The van der Waals surface area contributed by atoms with E-state index in [0.717, 1.165) is 25.0 Å². The van der Waals surface area contributed by atoms with Gasteiger partial charge in [0.15, 0.2) is 0 Å². The van der Waals surface area contributed by atoms with Crippen molar-refractivity contribution in [3.8, 4) is 5.75 Å². The van der Waals surface area contributed by atoms with Crippen molar-refractivity contribution in [2.24, 2.45) is 5.73 Å². The average Bonchev–Trinajstić information content (AvgIpc) is 2.15. The Hall–Kier alpha value is -0.730. The zero-order valence-corrected chi connectivity index (χ0v) is 10.3. The molecule has 3 heteroatoms. The fraction of sp³-hybridized carbons (Fsp3) is 0.538. The van der Waals surface area contributed by atoms with Crippen molar-refractivity contribution in [2.45, 2.75) is 43.7 Å². The van der Waals surface area contributed by atoms with E-state index in [1.54, 1.807) is 0 Å². The molecule has 1 aromatic rings. The first-order valence-electron chi connectivity index (χ1n) is 5.70. The summed E-state index contributed by atoms with van der Waals surface area (Å²) in [7, 11) is 0. The topological polar surface area (TPSA) is 35.2 Å². The van der Waals surface area contributed by atoms with Crippen molar-refractivity contribution in [3.05, 3.63) is 29.8 Å². The molecule has 2 aliphatic rings. The van der Waals surface area contributed by atoms with Crippen LogP contribution in [0.5, 0.6) is 5.75 Å². The Balaban J connectivity index is 0.000000963. The number of benzene rings is 1. The minimum absolute atomic E-state index is 0. The second kappa shape index (κ2) is 3.94. The summed E-state index contributed by atoms with van der Waals surface area (Å²) in [6, 6.07) is 8.68. The van der Waals surface area contributed by atoms with Crippen LogP contribution in [0, 0.1) is 0 Å². The van der Waals surface area contributed by atoms with Gasteiger partial charge < -0.3 is 10.5 Å². The smallest absolute Gasteiger partial charge is 0.123 e. The lowest BCUT2D eigenvalue weighted by Crippen LogP contribution is -2.48. The van der Waals surface area contributed by atoms with Gasteiger partial charge in [-0.2, -0.15) is 0 Å². The zero-order chi connectivity index (χ0) is 10.5. The third-order valence-electron chi connectivity index (χ3n) is 3.67. The van der Waals surface area contributed by atoms with Gasteiger partial charge in [-0.3, -0.25) is 0 Å². The molecule has 0 radical (unpaired) electrons. The van der Waals surface area contributed by atoms with Crippen molar-refractivity contribution >= 4 is 12.4 Å². The normalized spacial score (nSPS) is 35.6. The molecule has 2 unspecified atom stereocenters. The first-order valence-corrected chi connectivity index (χ1v) is 5.70. The Labute approximate surface area is 103 Å². The average molecular weight is 240 g/mol. The Morgan fingerprint density at radius 1 is 1.31 bits per heavy atom. The summed E-state index contributed by atoms with van der Waals surface area (Å²) in [6.07, 6.45) is 3.21. The zero-order valence-electron chi connectivity index (χ0n) is 9.48. The van der Waals surface area contributed by atoms with Gasteiger partial charge in [-0.15, -0.1) is 12.4 Å². The number of hydrogen-bond acceptors (Lipinski definition) is 2. The van der Waals surface area contributed by atoms with Gasteiger partial charge in [-0.1, -0.05) is 18.2 Å². The van der Waals surface area contributed by atoms with Crippen LogP contribution in [-0.4, -0.2) is 11.6 Å². The van der Waals surface area contributed by atoms with Crippen LogP contribution in [0.25, 0.3) is 0 Å². The summed E-state index contributed by atoms with van der Waals surface area (Å²) in [6.45, 7) is 2.19. The number of nitrogens with two attached hydrogens (primary N) is 1. The van der Waals surface area contributed by atoms with Crippen LogP contribution < -0.4 is 10.5 Å². The number of fused-ring (bicyclic) bond motifs is 4. The van der Waals surface area contributed by atoms with E-state index in [2.05, 4.69) is 25.1 Å². The lowest BCUT2D eigenvalue weighted by molar-refractivity contribution is 0.0137. The highest BCUT2D eigenvalue weighted by Crippen LogP contribution is 2.47. The van der Waals surface area contributed by atoms with E-state index in [-0.39, 0.29) is 18.0 Å². The second-order valence-electron chi connectivity index (χ2n) is 5.19. The monoisotopic (exact) mass is 239 g/mol. The third-order valence-corrected chi connectivity index (χ3v) is 3.67. The summed E-state index contributed by atoms with van der Waals surface area (Å²) >= 11 is 0. The molecule has 0 saturated heterocycles. The van der Waals surface area contributed by atoms with Crippen molar-refractivity contribution in [2.75, 3.05) is 0 Å². The van der Waals surface area contributed by atoms with Gasteiger partial charge >= 0.3 is 0 Å². The van der Waals surface area contributed by atoms with Gasteiger partial charge in [-0.05, 0) is 37.3 Å². The SMILES string of the molecule is CC12CC(C[C@H](N)C1)c1ccccc1O2.Cl. The van der Waals surface area contributed by atoms with E-state index < -0.39 is 0 Å². The molecule has 2 nitrogen and oxygen atoms in total. The van der Waals surface area contributed by atoms with Gasteiger partial charge in [0, 0.05) is 12.5 Å². The summed E-state index contributed by atoms with van der Waals surface area (Å²) < 4.78 is 6.08. The maximum atomic E-state index is 6.09. The van der Waals surface area contributed by atoms with Crippen LogP contribution in [0.3, 0.4) is 0 Å². The van der Waals surface area contributed by atoms with E-state index >= 15 is 0 Å². The maximum Gasteiger partial charge on any atom is 0.123 e.